The van der Waals surface area contributed by atoms with Crippen LogP contribution in [0.3, 0.4) is 0 Å². The molecule has 0 unspecified atom stereocenters. The van der Waals surface area contributed by atoms with Crippen LogP contribution in [-0.2, 0) is 24.6 Å². The first-order valence-corrected chi connectivity index (χ1v) is 14.3. The van der Waals surface area contributed by atoms with E-state index in [1.165, 1.54) is 0 Å². The maximum atomic E-state index is 13.3. The highest BCUT2D eigenvalue weighted by Gasteiger charge is 2.50. The number of aryl methyl sites for hydroxylation is 1. The van der Waals surface area contributed by atoms with E-state index in [-0.39, 0.29) is 17.4 Å². The molecule has 4 bridgehead atoms. The molecular formula is C32H32N4O7. The molecule has 0 radical (unpaired) electrons. The van der Waals surface area contributed by atoms with Gasteiger partial charge in [-0.05, 0) is 51.0 Å². The molecule has 11 nitrogen and oxygen atoms in total. The van der Waals surface area contributed by atoms with Crippen molar-refractivity contribution in [2.24, 2.45) is 0 Å². The highest BCUT2D eigenvalue weighted by atomic mass is 16.7. The van der Waals surface area contributed by atoms with Gasteiger partial charge >= 0.3 is 11.9 Å². The predicted molar refractivity (Wildman–Crippen MR) is 157 cm³/mol. The van der Waals surface area contributed by atoms with Crippen molar-refractivity contribution in [3.63, 3.8) is 0 Å². The molecule has 2 aromatic carbocycles. The Labute approximate surface area is 248 Å². The number of carbonyl (C=O) groups is 4. The molecular weight excluding hydrogens is 552 g/mol. The van der Waals surface area contributed by atoms with Crippen LogP contribution in [0.1, 0.15) is 41.9 Å². The number of anilines is 1. The number of pyridine rings is 1. The van der Waals surface area contributed by atoms with Gasteiger partial charge in [-0.2, -0.15) is 0 Å². The van der Waals surface area contributed by atoms with Crippen molar-refractivity contribution in [3.05, 3.63) is 71.4 Å². The standard InChI is InChI=1S/C32H32N4O7/c1-20-19-24-29(27-28(20)36(31(40)32(27,2)3)43-26(38)12-11-25(37)42-24)41-18-6-13-34-14-16-35(17-15-34)30(39)23-10-9-21-7-4-5-8-22(21)33-23/h4-5,7-12,19H,6,13-18H2,1-3H3/b12-11-. The van der Waals surface area contributed by atoms with E-state index in [9.17, 15) is 19.2 Å². The monoisotopic (exact) mass is 584 g/mol. The van der Waals surface area contributed by atoms with Gasteiger partial charge < -0.3 is 19.2 Å². The summed E-state index contributed by atoms with van der Waals surface area (Å²) in [5.74, 6) is -1.66. The van der Waals surface area contributed by atoms with E-state index in [2.05, 4.69) is 9.88 Å². The van der Waals surface area contributed by atoms with E-state index in [0.29, 0.717) is 48.6 Å². The van der Waals surface area contributed by atoms with Crippen molar-refractivity contribution in [2.45, 2.75) is 32.6 Å². The molecule has 3 aliphatic rings. The second-order valence-corrected chi connectivity index (χ2v) is 11.4. The molecule has 0 aliphatic carbocycles. The number of rotatable bonds is 6. The van der Waals surface area contributed by atoms with Crippen LogP contribution in [0.25, 0.3) is 10.9 Å². The summed E-state index contributed by atoms with van der Waals surface area (Å²) in [6.07, 6.45) is 2.53. The molecule has 3 aliphatic heterocycles. The van der Waals surface area contributed by atoms with Gasteiger partial charge in [0.15, 0.2) is 11.5 Å². The Morgan fingerprint density at radius 3 is 2.53 bits per heavy atom. The summed E-state index contributed by atoms with van der Waals surface area (Å²) in [5, 5.41) is 1.98. The van der Waals surface area contributed by atoms with E-state index < -0.39 is 23.3 Å². The lowest BCUT2D eigenvalue weighted by molar-refractivity contribution is -0.146. The summed E-state index contributed by atoms with van der Waals surface area (Å²) in [6.45, 7) is 8.84. The van der Waals surface area contributed by atoms with Crippen molar-refractivity contribution in [3.8, 4) is 11.5 Å². The SMILES string of the molecule is Cc1cc2c(OCCCN3CCN(C(=O)c4ccc5ccccc5n4)CC3)c3c1N(OC(=O)/C=C\C(=O)O2)C(=O)C3(C)C. The molecule has 1 fully saturated rings. The first-order valence-electron chi connectivity index (χ1n) is 14.3. The van der Waals surface area contributed by atoms with Gasteiger partial charge in [0.2, 0.25) is 0 Å². The average Bonchev–Trinajstić information content (AvgIpc) is 3.18. The zero-order valence-electron chi connectivity index (χ0n) is 24.3. The fourth-order valence-corrected chi connectivity index (χ4v) is 5.75. The van der Waals surface area contributed by atoms with E-state index in [1.54, 1.807) is 32.9 Å². The second-order valence-electron chi connectivity index (χ2n) is 11.4. The van der Waals surface area contributed by atoms with Crippen molar-refractivity contribution in [2.75, 3.05) is 44.4 Å². The Kier molecular flexibility index (Phi) is 7.35. The third-order valence-corrected chi connectivity index (χ3v) is 8.05. The van der Waals surface area contributed by atoms with Gasteiger partial charge in [0.1, 0.15) is 5.69 Å². The molecule has 43 heavy (non-hydrogen) atoms. The highest BCUT2D eigenvalue weighted by Crippen LogP contribution is 2.52. The number of benzene rings is 2. The average molecular weight is 585 g/mol. The highest BCUT2D eigenvalue weighted by molar-refractivity contribution is 6.10. The molecule has 0 N–H and O–H groups in total. The molecule has 2 amide bonds. The van der Waals surface area contributed by atoms with E-state index in [0.717, 1.165) is 47.8 Å². The van der Waals surface area contributed by atoms with E-state index >= 15 is 0 Å². The number of nitrogens with zero attached hydrogens (tertiary/aromatic N) is 4. The van der Waals surface area contributed by atoms with Crippen molar-refractivity contribution in [1.82, 2.24) is 14.8 Å². The Morgan fingerprint density at radius 2 is 1.74 bits per heavy atom. The van der Waals surface area contributed by atoms with Crippen molar-refractivity contribution < 1.29 is 33.5 Å². The molecule has 3 aromatic rings. The van der Waals surface area contributed by atoms with Crippen molar-refractivity contribution in [1.29, 1.82) is 0 Å². The number of hydrogen-bond acceptors (Lipinski definition) is 9. The maximum Gasteiger partial charge on any atom is 0.356 e. The first kappa shape index (κ1) is 28.4. The van der Waals surface area contributed by atoms with Gasteiger partial charge in [0, 0.05) is 55.8 Å². The number of amides is 2. The minimum atomic E-state index is -1.09. The maximum absolute atomic E-state index is 13.3. The lowest BCUT2D eigenvalue weighted by Crippen LogP contribution is -2.49. The predicted octanol–water partition coefficient (Wildman–Crippen LogP) is 3.33. The largest absolute Gasteiger partial charge is 0.489 e. The number of ether oxygens (including phenoxy) is 2. The Bertz CT molecular complexity index is 1670. The van der Waals surface area contributed by atoms with Gasteiger partial charge in [-0.25, -0.2) is 14.6 Å². The number of carbonyl (C=O) groups excluding carboxylic acids is 4. The van der Waals surface area contributed by atoms with Crippen LogP contribution in [-0.4, -0.2) is 77.9 Å². The van der Waals surface area contributed by atoms with Gasteiger partial charge in [0.05, 0.1) is 23.2 Å². The molecule has 1 saturated heterocycles. The van der Waals surface area contributed by atoms with Gasteiger partial charge in [0.25, 0.3) is 11.8 Å². The number of fused-ring (bicyclic) bond motifs is 2. The topological polar surface area (TPSA) is 119 Å². The smallest absolute Gasteiger partial charge is 0.356 e. The van der Waals surface area contributed by atoms with Crippen molar-refractivity contribution >= 4 is 40.3 Å². The number of hydroxylamine groups is 1. The number of piperazine rings is 1. The summed E-state index contributed by atoms with van der Waals surface area (Å²) in [5.41, 5.74) is 1.67. The lowest BCUT2D eigenvalue weighted by Gasteiger charge is -2.34. The zero-order chi connectivity index (χ0) is 30.3. The third kappa shape index (κ3) is 5.32. The Morgan fingerprint density at radius 1 is 1.00 bits per heavy atom. The zero-order valence-corrected chi connectivity index (χ0v) is 24.3. The molecule has 0 atom stereocenters. The number of para-hydroxylation sites is 1. The van der Waals surface area contributed by atoms with E-state index in [4.69, 9.17) is 14.3 Å². The first-order chi connectivity index (χ1) is 20.6. The molecule has 11 heteroatoms. The van der Waals surface area contributed by atoms with Crippen LogP contribution in [0.15, 0.2) is 54.6 Å². The quantitative estimate of drug-likeness (QED) is 0.244. The second kappa shape index (κ2) is 11.1. The summed E-state index contributed by atoms with van der Waals surface area (Å²) in [6, 6.07) is 13.0. The summed E-state index contributed by atoms with van der Waals surface area (Å²) in [4.78, 5) is 65.1. The van der Waals surface area contributed by atoms with Crippen LogP contribution in [0, 0.1) is 6.92 Å². The fraction of sp³-hybridized carbons (Fsp3) is 0.344. The minimum Gasteiger partial charge on any atom is -0.489 e. The molecule has 1 aromatic heterocycles. The number of aromatic nitrogens is 1. The molecule has 222 valence electrons. The van der Waals surface area contributed by atoms with Crippen LogP contribution in [0.2, 0.25) is 0 Å². The number of hydrogen-bond donors (Lipinski definition) is 0. The Balaban J connectivity index is 1.10. The normalized spacial score (nSPS) is 18.8. The Hall–Kier alpha value is -4.77. The number of esters is 1. The lowest BCUT2D eigenvalue weighted by atomic mass is 9.84. The molecule has 0 spiro atoms. The van der Waals surface area contributed by atoms with Crippen LogP contribution in [0.5, 0.6) is 11.5 Å². The summed E-state index contributed by atoms with van der Waals surface area (Å²) < 4.78 is 11.8. The van der Waals surface area contributed by atoms with Gasteiger partial charge in [-0.3, -0.25) is 14.5 Å². The van der Waals surface area contributed by atoms with Crippen LogP contribution in [0.4, 0.5) is 5.69 Å². The van der Waals surface area contributed by atoms with Crippen LogP contribution >= 0.6 is 0 Å². The molecule has 4 heterocycles. The molecule has 6 rings (SSSR count). The van der Waals surface area contributed by atoms with E-state index in [1.807, 2.05) is 35.2 Å². The molecule has 0 saturated carbocycles. The van der Waals surface area contributed by atoms with Gasteiger partial charge in [-0.1, -0.05) is 24.3 Å². The van der Waals surface area contributed by atoms with Crippen LogP contribution < -0.4 is 14.5 Å². The third-order valence-electron chi connectivity index (χ3n) is 8.05. The minimum absolute atomic E-state index is 0.0697. The summed E-state index contributed by atoms with van der Waals surface area (Å²) >= 11 is 0. The fourth-order valence-electron chi connectivity index (χ4n) is 5.75. The summed E-state index contributed by atoms with van der Waals surface area (Å²) in [7, 11) is 0. The van der Waals surface area contributed by atoms with Gasteiger partial charge in [-0.15, -0.1) is 5.06 Å².